The van der Waals surface area contributed by atoms with Crippen molar-refractivity contribution in [3.05, 3.63) is 48.8 Å². The molecule has 4 aromatic heterocycles. The van der Waals surface area contributed by atoms with Crippen molar-refractivity contribution < 1.29 is 0 Å². The molecule has 4 heterocycles. The molecule has 0 saturated carbocycles. The summed E-state index contributed by atoms with van der Waals surface area (Å²) in [5.74, 6) is 0. The zero-order valence-electron chi connectivity index (χ0n) is 11.3. The van der Waals surface area contributed by atoms with Crippen LogP contribution in [0.3, 0.4) is 0 Å². The van der Waals surface area contributed by atoms with Crippen LogP contribution >= 0.6 is 22.7 Å². The topological polar surface area (TPSA) is 57.4 Å². The number of nitrogens with zero attached hydrogens (tertiary/aromatic N) is 2. The molecule has 0 bridgehead atoms. The molecule has 0 saturated heterocycles. The first-order chi connectivity index (χ1) is 10.9. The standard InChI is InChI=1S/C16H10N4S2/c1-3-9(17-5-1)15-19-11-7-14-12(8-13(11)21-15)20-16(22-14)10-4-2-6-18-10/h1-8,17-18H. The minimum Gasteiger partial charge on any atom is -0.359 e. The zero-order valence-corrected chi connectivity index (χ0v) is 13.0. The third kappa shape index (κ3) is 1.81. The molecule has 0 radical (unpaired) electrons. The minimum atomic E-state index is 1.02. The molecule has 5 aromatic rings. The number of thiazole rings is 2. The molecule has 0 unspecified atom stereocenters. The normalized spacial score (nSPS) is 11.6. The largest absolute Gasteiger partial charge is 0.359 e. The molecule has 0 aliphatic heterocycles. The average molecular weight is 322 g/mol. The Labute approximate surface area is 133 Å². The minimum absolute atomic E-state index is 1.02. The number of aromatic amines is 2. The maximum absolute atomic E-state index is 4.74. The summed E-state index contributed by atoms with van der Waals surface area (Å²) in [6.07, 6.45) is 3.84. The van der Waals surface area contributed by atoms with Crippen LogP contribution in [0.5, 0.6) is 0 Å². The van der Waals surface area contributed by atoms with Gasteiger partial charge in [-0.15, -0.1) is 22.7 Å². The molecule has 0 fully saturated rings. The van der Waals surface area contributed by atoms with E-state index in [2.05, 4.69) is 22.1 Å². The zero-order chi connectivity index (χ0) is 14.5. The molecule has 106 valence electrons. The van der Waals surface area contributed by atoms with Gasteiger partial charge >= 0.3 is 0 Å². The van der Waals surface area contributed by atoms with Crippen LogP contribution in [-0.4, -0.2) is 19.9 Å². The van der Waals surface area contributed by atoms with Gasteiger partial charge in [0.05, 0.1) is 31.8 Å². The van der Waals surface area contributed by atoms with Crippen molar-refractivity contribution >= 4 is 43.1 Å². The number of H-pyrrole nitrogens is 2. The average Bonchev–Trinajstić information content (AvgIpc) is 3.27. The van der Waals surface area contributed by atoms with Crippen LogP contribution in [0.15, 0.2) is 48.8 Å². The Balaban J connectivity index is 1.69. The van der Waals surface area contributed by atoms with Crippen molar-refractivity contribution in [2.24, 2.45) is 0 Å². The molecule has 0 spiro atoms. The van der Waals surface area contributed by atoms with Crippen molar-refractivity contribution in [2.75, 3.05) is 0 Å². The van der Waals surface area contributed by atoms with E-state index in [0.717, 1.165) is 32.4 Å². The highest BCUT2D eigenvalue weighted by atomic mass is 32.1. The number of rotatable bonds is 2. The lowest BCUT2D eigenvalue weighted by molar-refractivity contribution is 1.37. The van der Waals surface area contributed by atoms with Crippen molar-refractivity contribution in [2.45, 2.75) is 0 Å². The molecule has 5 rings (SSSR count). The van der Waals surface area contributed by atoms with Gasteiger partial charge in [-0.2, -0.15) is 0 Å². The van der Waals surface area contributed by atoms with Crippen LogP contribution in [0.4, 0.5) is 0 Å². The summed E-state index contributed by atoms with van der Waals surface area (Å²) in [5.41, 5.74) is 4.18. The van der Waals surface area contributed by atoms with E-state index < -0.39 is 0 Å². The fourth-order valence-electron chi connectivity index (χ4n) is 2.51. The SMILES string of the molecule is c1c[nH]c(-c2nc3cc4sc(-c5ccc[nH]5)nc4cc3s2)c1. The van der Waals surface area contributed by atoms with E-state index in [1.165, 1.54) is 9.40 Å². The molecule has 0 atom stereocenters. The smallest absolute Gasteiger partial charge is 0.140 e. The Kier molecular flexibility index (Phi) is 2.50. The van der Waals surface area contributed by atoms with Gasteiger partial charge in [0.1, 0.15) is 10.0 Å². The number of nitrogens with one attached hydrogen (secondary N) is 2. The van der Waals surface area contributed by atoms with Crippen molar-refractivity contribution in [3.63, 3.8) is 0 Å². The summed E-state index contributed by atoms with van der Waals surface area (Å²) < 4.78 is 2.33. The maximum atomic E-state index is 4.74. The van der Waals surface area contributed by atoms with Crippen LogP contribution in [0.2, 0.25) is 0 Å². The Morgan fingerprint density at radius 2 is 1.23 bits per heavy atom. The van der Waals surface area contributed by atoms with Crippen LogP contribution in [-0.2, 0) is 0 Å². The lowest BCUT2D eigenvalue weighted by atomic mass is 10.3. The van der Waals surface area contributed by atoms with E-state index in [0.29, 0.717) is 0 Å². The molecule has 2 N–H and O–H groups in total. The first-order valence-corrected chi connectivity index (χ1v) is 8.49. The van der Waals surface area contributed by atoms with Gasteiger partial charge in [-0.05, 0) is 36.4 Å². The second-order valence-corrected chi connectivity index (χ2v) is 7.05. The lowest BCUT2D eigenvalue weighted by Gasteiger charge is -1.87. The predicted octanol–water partition coefficient (Wildman–Crippen LogP) is 4.90. The third-order valence-corrected chi connectivity index (χ3v) is 5.66. The fraction of sp³-hybridized carbons (Fsp3) is 0. The quantitative estimate of drug-likeness (QED) is 0.486. The van der Waals surface area contributed by atoms with E-state index in [9.17, 15) is 0 Å². The maximum Gasteiger partial charge on any atom is 0.140 e. The van der Waals surface area contributed by atoms with Crippen molar-refractivity contribution in [1.29, 1.82) is 0 Å². The van der Waals surface area contributed by atoms with Gasteiger partial charge in [0.25, 0.3) is 0 Å². The lowest BCUT2D eigenvalue weighted by Crippen LogP contribution is -1.74. The Bertz CT molecular complexity index is 934. The summed E-state index contributed by atoms with van der Waals surface area (Å²) in [7, 11) is 0. The van der Waals surface area contributed by atoms with E-state index in [-0.39, 0.29) is 0 Å². The van der Waals surface area contributed by atoms with Crippen LogP contribution < -0.4 is 0 Å². The first-order valence-electron chi connectivity index (χ1n) is 6.85. The highest BCUT2D eigenvalue weighted by molar-refractivity contribution is 7.23. The van der Waals surface area contributed by atoms with Gasteiger partial charge in [-0.25, -0.2) is 9.97 Å². The number of hydrogen-bond donors (Lipinski definition) is 2. The summed E-state index contributed by atoms with van der Waals surface area (Å²) in [6.45, 7) is 0. The van der Waals surface area contributed by atoms with E-state index in [1.807, 2.05) is 36.7 Å². The third-order valence-electron chi connectivity index (χ3n) is 3.55. The van der Waals surface area contributed by atoms with Crippen molar-refractivity contribution in [1.82, 2.24) is 19.9 Å². The Morgan fingerprint density at radius 1 is 0.727 bits per heavy atom. The van der Waals surface area contributed by atoms with Gasteiger partial charge < -0.3 is 9.97 Å². The summed E-state index contributed by atoms with van der Waals surface area (Å²) >= 11 is 3.38. The molecule has 6 heteroatoms. The molecular weight excluding hydrogens is 312 g/mol. The van der Waals surface area contributed by atoms with Gasteiger partial charge in [-0.1, -0.05) is 0 Å². The summed E-state index contributed by atoms with van der Waals surface area (Å²) in [4.78, 5) is 15.9. The van der Waals surface area contributed by atoms with E-state index >= 15 is 0 Å². The van der Waals surface area contributed by atoms with E-state index in [1.54, 1.807) is 22.7 Å². The highest BCUT2D eigenvalue weighted by Crippen LogP contribution is 2.35. The molecular formula is C16H10N4S2. The molecule has 22 heavy (non-hydrogen) atoms. The molecule has 0 amide bonds. The number of aromatic nitrogens is 4. The molecule has 4 nitrogen and oxygen atoms in total. The number of hydrogen-bond acceptors (Lipinski definition) is 4. The fourth-order valence-corrected chi connectivity index (χ4v) is 4.44. The highest BCUT2D eigenvalue weighted by Gasteiger charge is 2.12. The van der Waals surface area contributed by atoms with Crippen LogP contribution in [0.25, 0.3) is 41.8 Å². The predicted molar refractivity (Wildman–Crippen MR) is 92.4 cm³/mol. The Morgan fingerprint density at radius 3 is 1.64 bits per heavy atom. The van der Waals surface area contributed by atoms with Crippen LogP contribution in [0, 0.1) is 0 Å². The monoisotopic (exact) mass is 322 g/mol. The number of fused-ring (bicyclic) bond motifs is 2. The van der Waals surface area contributed by atoms with Crippen molar-refractivity contribution in [3.8, 4) is 21.4 Å². The van der Waals surface area contributed by atoms with Gasteiger partial charge in [0.15, 0.2) is 0 Å². The second-order valence-electron chi connectivity index (χ2n) is 4.99. The van der Waals surface area contributed by atoms with Crippen LogP contribution in [0.1, 0.15) is 0 Å². The number of benzene rings is 1. The Hall–Kier alpha value is -2.44. The molecule has 1 aromatic carbocycles. The molecule has 0 aliphatic carbocycles. The van der Waals surface area contributed by atoms with Gasteiger partial charge in [0.2, 0.25) is 0 Å². The van der Waals surface area contributed by atoms with Gasteiger partial charge in [0, 0.05) is 12.4 Å². The van der Waals surface area contributed by atoms with E-state index in [4.69, 9.17) is 9.97 Å². The second kappa shape index (κ2) is 4.53. The first kappa shape index (κ1) is 12.1. The summed E-state index contributed by atoms with van der Waals surface area (Å²) in [5, 5.41) is 2.03. The molecule has 0 aliphatic rings. The van der Waals surface area contributed by atoms with Gasteiger partial charge in [-0.3, -0.25) is 0 Å². The summed E-state index contributed by atoms with van der Waals surface area (Å²) in [6, 6.07) is 12.3.